The molecule has 0 aromatic heterocycles. The van der Waals surface area contributed by atoms with Crippen LogP contribution in [0.25, 0.3) is 0 Å². The van der Waals surface area contributed by atoms with Gasteiger partial charge in [0.15, 0.2) is 0 Å². The molecule has 0 aliphatic heterocycles. The molecule has 0 aliphatic rings. The molecule has 9 heteroatoms. The Bertz CT molecular complexity index is 156. The van der Waals surface area contributed by atoms with E-state index in [1.165, 1.54) is 0 Å². The molecule has 0 saturated carbocycles. The van der Waals surface area contributed by atoms with Gasteiger partial charge in [-0.1, -0.05) is 7.43 Å². The lowest BCUT2D eigenvalue weighted by Gasteiger charge is -1.95. The SMILES string of the molecule is C.O=[P+](O)OP(=O)(O)NO. The van der Waals surface area contributed by atoms with Gasteiger partial charge in [-0.05, 0) is 4.31 Å². The van der Waals surface area contributed by atoms with Gasteiger partial charge in [0, 0.05) is 4.57 Å². The number of rotatable bonds is 3. The highest BCUT2D eigenvalue weighted by Crippen LogP contribution is 2.44. The summed E-state index contributed by atoms with van der Waals surface area (Å²) in [5, 5.41) is 8.53. The van der Waals surface area contributed by atoms with Gasteiger partial charge in [0.25, 0.3) is 0 Å². The Hall–Kier alpha value is 0.130. The summed E-state index contributed by atoms with van der Waals surface area (Å²) in [6.07, 6.45) is 0. The van der Waals surface area contributed by atoms with E-state index in [0.717, 1.165) is 5.25 Å². The summed E-state index contributed by atoms with van der Waals surface area (Å²) < 4.78 is 23.0. The number of nitrogens with one attached hydrogen (secondary N) is 1. The molecule has 7 nitrogen and oxygen atoms in total. The fourth-order valence-corrected chi connectivity index (χ4v) is 1.02. The molecule has 2 unspecified atom stereocenters. The van der Waals surface area contributed by atoms with Crippen molar-refractivity contribution < 1.29 is 28.4 Å². The van der Waals surface area contributed by atoms with Crippen LogP contribution in [0.2, 0.25) is 0 Å². The predicted molar refractivity (Wildman–Crippen MR) is 32.4 cm³/mol. The number of hydrogen-bond acceptors (Lipinski definition) is 4. The van der Waals surface area contributed by atoms with Crippen molar-refractivity contribution in [3.8, 4) is 0 Å². The summed E-state index contributed by atoms with van der Waals surface area (Å²) in [4.78, 5) is 15.9. The molecule has 10 heavy (non-hydrogen) atoms. The molecule has 0 amide bonds. The quantitative estimate of drug-likeness (QED) is 0.377. The van der Waals surface area contributed by atoms with Crippen LogP contribution in [0, 0.1) is 0 Å². The highest BCUT2D eigenvalue weighted by Gasteiger charge is 2.31. The number of hydrogen-bond donors (Lipinski definition) is 4. The van der Waals surface area contributed by atoms with E-state index in [4.69, 9.17) is 15.0 Å². The zero-order valence-electron chi connectivity index (χ0n) is 3.96. The minimum atomic E-state index is -4.46. The first-order valence-electron chi connectivity index (χ1n) is 1.58. The van der Waals surface area contributed by atoms with E-state index in [-0.39, 0.29) is 7.43 Å². The second-order valence-corrected chi connectivity index (χ2v) is 3.31. The van der Waals surface area contributed by atoms with Crippen LogP contribution in [0.3, 0.4) is 0 Å². The van der Waals surface area contributed by atoms with E-state index in [2.05, 4.69) is 4.31 Å². The predicted octanol–water partition coefficient (Wildman–Crippen LogP) is 0.368. The summed E-state index contributed by atoms with van der Waals surface area (Å²) in [5.74, 6) is 0. The third-order valence-electron chi connectivity index (χ3n) is 0.307. The van der Waals surface area contributed by atoms with Gasteiger partial charge in [-0.15, -0.1) is 10.1 Å². The Balaban J connectivity index is 0. The first-order valence-corrected chi connectivity index (χ1v) is 4.29. The standard InChI is InChI=1S/CH4.H3NO6P2/c;2-1-9(5,6)7-8(3)4/h1H4;(H3-,1,2,3,4,5,6)/p+1. The van der Waals surface area contributed by atoms with Crippen LogP contribution < -0.4 is 5.25 Å². The van der Waals surface area contributed by atoms with E-state index >= 15 is 0 Å². The van der Waals surface area contributed by atoms with Gasteiger partial charge in [-0.2, -0.15) is 0 Å². The van der Waals surface area contributed by atoms with Crippen molar-refractivity contribution in [3.05, 3.63) is 0 Å². The highest BCUT2D eigenvalue weighted by molar-refractivity contribution is 7.57. The minimum Gasteiger partial charge on any atom is -0.309 e. The Labute approximate surface area is 58.1 Å². The smallest absolute Gasteiger partial charge is 0.309 e. The van der Waals surface area contributed by atoms with Crippen molar-refractivity contribution in [2.24, 2.45) is 0 Å². The fourth-order valence-electron chi connectivity index (χ4n) is 0.113. The van der Waals surface area contributed by atoms with E-state index in [1.807, 2.05) is 0 Å². The van der Waals surface area contributed by atoms with Gasteiger partial charge < -0.3 is 10.1 Å². The van der Waals surface area contributed by atoms with Crippen molar-refractivity contribution in [2.75, 3.05) is 0 Å². The topological polar surface area (TPSA) is 116 Å². The molecule has 0 aromatic rings. The lowest BCUT2D eigenvalue weighted by Crippen LogP contribution is -2.02. The first kappa shape index (κ1) is 12.8. The van der Waals surface area contributed by atoms with Crippen LogP contribution in [0.15, 0.2) is 0 Å². The largest absolute Gasteiger partial charge is 0.704 e. The minimum absolute atomic E-state index is 0. The van der Waals surface area contributed by atoms with E-state index in [1.54, 1.807) is 0 Å². The third kappa shape index (κ3) is 6.25. The van der Waals surface area contributed by atoms with Crippen LogP contribution in [-0.2, 0) is 13.4 Å². The monoisotopic (exact) mass is 192 g/mol. The maximum absolute atomic E-state index is 10.0. The van der Waals surface area contributed by atoms with Crippen molar-refractivity contribution >= 4 is 16.0 Å². The van der Waals surface area contributed by atoms with Gasteiger partial charge in [-0.25, -0.2) is 4.57 Å². The molecule has 0 bridgehead atoms. The Morgan fingerprint density at radius 3 is 2.10 bits per heavy atom. The Kier molecular flexibility index (Phi) is 6.22. The van der Waals surface area contributed by atoms with E-state index in [9.17, 15) is 9.13 Å². The molecule has 0 rings (SSSR count). The van der Waals surface area contributed by atoms with Gasteiger partial charge >= 0.3 is 16.0 Å². The molecule has 0 radical (unpaired) electrons. The third-order valence-corrected chi connectivity index (χ3v) is 2.00. The van der Waals surface area contributed by atoms with Crippen molar-refractivity contribution in [2.45, 2.75) is 7.43 Å². The summed E-state index contributed by atoms with van der Waals surface area (Å²) in [5.41, 5.74) is 0. The zero-order chi connectivity index (χ0) is 7.49. The summed E-state index contributed by atoms with van der Waals surface area (Å²) in [6, 6.07) is 0. The lowest BCUT2D eigenvalue weighted by molar-refractivity contribution is 0.195. The van der Waals surface area contributed by atoms with Crippen LogP contribution in [0.1, 0.15) is 7.43 Å². The second kappa shape index (κ2) is 4.87. The molecule has 0 fully saturated rings. The van der Waals surface area contributed by atoms with Crippen molar-refractivity contribution in [3.63, 3.8) is 0 Å². The van der Waals surface area contributed by atoms with Gasteiger partial charge in [0.2, 0.25) is 0 Å². The molecular formula is CH8NO6P2+. The van der Waals surface area contributed by atoms with Gasteiger partial charge in [0.1, 0.15) is 0 Å². The van der Waals surface area contributed by atoms with E-state index < -0.39 is 16.0 Å². The highest BCUT2D eigenvalue weighted by atomic mass is 31.2. The maximum atomic E-state index is 10.0. The van der Waals surface area contributed by atoms with Crippen LogP contribution >= 0.6 is 16.0 Å². The average molecular weight is 192 g/mol. The van der Waals surface area contributed by atoms with Crippen molar-refractivity contribution in [1.82, 2.24) is 5.25 Å². The molecule has 0 aliphatic carbocycles. The van der Waals surface area contributed by atoms with Crippen LogP contribution in [0.4, 0.5) is 0 Å². The van der Waals surface area contributed by atoms with Gasteiger partial charge in [-0.3, -0.25) is 0 Å². The fraction of sp³-hybridized carbons (Fsp3) is 1.00. The average Bonchev–Trinajstić information content (AvgIpc) is 1.63. The summed E-state index contributed by atoms with van der Waals surface area (Å²) >= 11 is 0. The van der Waals surface area contributed by atoms with Crippen molar-refractivity contribution in [1.29, 1.82) is 0 Å². The normalized spacial score (nSPS) is 16.9. The molecule has 0 spiro atoms. The first-order chi connectivity index (χ1) is 3.98. The van der Waals surface area contributed by atoms with E-state index in [0.29, 0.717) is 0 Å². The molecule has 0 heterocycles. The van der Waals surface area contributed by atoms with Crippen LogP contribution in [0.5, 0.6) is 0 Å². The molecule has 0 saturated heterocycles. The Morgan fingerprint density at radius 1 is 1.60 bits per heavy atom. The molecule has 4 N–H and O–H groups in total. The van der Waals surface area contributed by atoms with Gasteiger partial charge in [0.05, 0.1) is 0 Å². The molecule has 0 aromatic carbocycles. The van der Waals surface area contributed by atoms with Crippen LogP contribution in [-0.4, -0.2) is 15.0 Å². The maximum Gasteiger partial charge on any atom is 0.704 e. The summed E-state index contributed by atoms with van der Waals surface area (Å²) in [7, 11) is -7.64. The molecule has 62 valence electrons. The lowest BCUT2D eigenvalue weighted by atomic mass is 12.0. The zero-order valence-corrected chi connectivity index (χ0v) is 5.75. The Morgan fingerprint density at radius 2 is 2.00 bits per heavy atom. The summed E-state index contributed by atoms with van der Waals surface area (Å²) in [6.45, 7) is 0. The molecule has 2 atom stereocenters. The second-order valence-electron chi connectivity index (χ2n) is 0.940. The molecular weight excluding hydrogens is 184 g/mol.